The predicted octanol–water partition coefficient (Wildman–Crippen LogP) is 5.04. The molecule has 4 rings (SSSR count). The number of ether oxygens (including phenoxy) is 1. The molecule has 1 N–H and O–H groups in total. The van der Waals surface area contributed by atoms with E-state index in [9.17, 15) is 14.0 Å². The van der Waals surface area contributed by atoms with E-state index in [0.29, 0.717) is 35.3 Å². The molecule has 6 nitrogen and oxygen atoms in total. The molecule has 1 fully saturated rings. The van der Waals surface area contributed by atoms with Crippen molar-refractivity contribution in [3.8, 4) is 5.75 Å². The minimum Gasteiger partial charge on any atom is -0.495 e. The van der Waals surface area contributed by atoms with Gasteiger partial charge in [0.15, 0.2) is 5.17 Å². The van der Waals surface area contributed by atoms with E-state index in [0.717, 1.165) is 5.56 Å². The van der Waals surface area contributed by atoms with Crippen LogP contribution in [0.5, 0.6) is 5.75 Å². The van der Waals surface area contributed by atoms with Gasteiger partial charge in [0, 0.05) is 13.0 Å². The molecule has 0 saturated carbocycles. The summed E-state index contributed by atoms with van der Waals surface area (Å²) in [5.74, 6) is -0.327. The van der Waals surface area contributed by atoms with Crippen molar-refractivity contribution in [3.63, 3.8) is 0 Å². The highest BCUT2D eigenvalue weighted by atomic mass is 32.2. The minimum atomic E-state index is -0.662. The summed E-state index contributed by atoms with van der Waals surface area (Å²) in [6.07, 6.45) is 0.691. The zero-order valence-corrected chi connectivity index (χ0v) is 19.4. The maximum absolute atomic E-state index is 13.4. The van der Waals surface area contributed by atoms with E-state index < -0.39 is 5.25 Å². The van der Waals surface area contributed by atoms with Gasteiger partial charge in [0.25, 0.3) is 0 Å². The first-order valence-electron chi connectivity index (χ1n) is 10.8. The molecule has 0 aliphatic carbocycles. The van der Waals surface area contributed by atoms with Crippen molar-refractivity contribution in [2.75, 3.05) is 19.0 Å². The normalized spacial score (nSPS) is 17.0. The standard InChI is InChI=1S/C26H24FN3O3S/c1-33-22-10-6-5-9-21(22)29-25(32)23-17-24(31)30(16-15-18-7-3-2-4-8-18)26(34-23)28-20-13-11-19(27)12-14-20/h2-14,23H,15-17H2,1H3,(H,29,32)/t23-/m1/s1. The van der Waals surface area contributed by atoms with E-state index in [4.69, 9.17) is 4.74 Å². The molecule has 0 radical (unpaired) electrons. The second-order valence-corrected chi connectivity index (χ2v) is 8.82. The molecule has 8 heteroatoms. The van der Waals surface area contributed by atoms with Crippen molar-refractivity contribution in [1.82, 2.24) is 4.90 Å². The van der Waals surface area contributed by atoms with Gasteiger partial charge in [0.1, 0.15) is 16.8 Å². The molecule has 0 spiro atoms. The summed E-state index contributed by atoms with van der Waals surface area (Å²) in [4.78, 5) is 32.4. The molecule has 34 heavy (non-hydrogen) atoms. The lowest BCUT2D eigenvalue weighted by Crippen LogP contribution is -2.46. The van der Waals surface area contributed by atoms with Crippen molar-refractivity contribution < 1.29 is 18.7 Å². The van der Waals surface area contributed by atoms with Crippen LogP contribution in [0.3, 0.4) is 0 Å². The van der Waals surface area contributed by atoms with Crippen LogP contribution in [0.2, 0.25) is 0 Å². The second kappa shape index (κ2) is 11.0. The fraction of sp³-hybridized carbons (Fsp3) is 0.192. The van der Waals surface area contributed by atoms with Gasteiger partial charge in [0.05, 0.1) is 18.5 Å². The Balaban J connectivity index is 1.56. The largest absolute Gasteiger partial charge is 0.495 e. The molecule has 0 unspecified atom stereocenters. The van der Waals surface area contributed by atoms with Gasteiger partial charge in [0.2, 0.25) is 11.8 Å². The number of hydrogen-bond acceptors (Lipinski definition) is 5. The summed E-state index contributed by atoms with van der Waals surface area (Å²) < 4.78 is 18.7. The number of nitrogens with zero attached hydrogens (tertiary/aromatic N) is 2. The highest BCUT2D eigenvalue weighted by molar-refractivity contribution is 8.15. The molecule has 1 saturated heterocycles. The Kier molecular flexibility index (Phi) is 7.59. The molecule has 2 amide bonds. The summed E-state index contributed by atoms with van der Waals surface area (Å²) >= 11 is 1.23. The van der Waals surface area contributed by atoms with E-state index in [1.165, 1.54) is 31.0 Å². The molecular weight excluding hydrogens is 453 g/mol. The predicted molar refractivity (Wildman–Crippen MR) is 133 cm³/mol. The van der Waals surface area contributed by atoms with Gasteiger partial charge in [-0.2, -0.15) is 0 Å². The van der Waals surface area contributed by atoms with E-state index >= 15 is 0 Å². The van der Waals surface area contributed by atoms with Crippen molar-refractivity contribution in [1.29, 1.82) is 0 Å². The van der Waals surface area contributed by atoms with Gasteiger partial charge in [-0.3, -0.25) is 14.5 Å². The van der Waals surface area contributed by atoms with Crippen LogP contribution in [-0.4, -0.2) is 40.8 Å². The summed E-state index contributed by atoms with van der Waals surface area (Å²) in [5.41, 5.74) is 2.14. The number of carbonyl (C=O) groups excluding carboxylic acids is 2. The van der Waals surface area contributed by atoms with Crippen molar-refractivity contribution in [3.05, 3.63) is 90.2 Å². The molecule has 3 aromatic rings. The van der Waals surface area contributed by atoms with Gasteiger partial charge in [-0.15, -0.1) is 0 Å². The summed E-state index contributed by atoms with van der Waals surface area (Å²) in [6, 6.07) is 22.7. The third-order valence-electron chi connectivity index (χ3n) is 5.32. The zero-order chi connectivity index (χ0) is 23.9. The van der Waals surface area contributed by atoms with Gasteiger partial charge >= 0.3 is 0 Å². The van der Waals surface area contributed by atoms with E-state index in [-0.39, 0.29) is 24.1 Å². The Labute approximate surface area is 201 Å². The smallest absolute Gasteiger partial charge is 0.238 e. The quantitative estimate of drug-likeness (QED) is 0.518. The summed E-state index contributed by atoms with van der Waals surface area (Å²) in [7, 11) is 1.53. The fourth-order valence-electron chi connectivity index (χ4n) is 3.53. The molecule has 1 aliphatic heterocycles. The molecule has 3 aromatic carbocycles. The van der Waals surface area contributed by atoms with Crippen LogP contribution in [0.25, 0.3) is 0 Å². The van der Waals surface area contributed by atoms with Crippen molar-refractivity contribution >= 4 is 40.1 Å². The number of amides is 2. The maximum atomic E-state index is 13.4. The summed E-state index contributed by atoms with van der Waals surface area (Å²) in [6.45, 7) is 0.427. The first-order chi connectivity index (χ1) is 16.5. The van der Waals surface area contributed by atoms with Gasteiger partial charge in [-0.25, -0.2) is 9.38 Å². The zero-order valence-electron chi connectivity index (χ0n) is 18.6. The molecular formula is C26H24FN3O3S. The van der Waals surface area contributed by atoms with Gasteiger partial charge < -0.3 is 10.1 Å². The van der Waals surface area contributed by atoms with E-state index in [2.05, 4.69) is 10.3 Å². The topological polar surface area (TPSA) is 71.0 Å². The van der Waals surface area contributed by atoms with Crippen LogP contribution in [-0.2, 0) is 16.0 Å². The number of para-hydroxylation sites is 2. The average Bonchev–Trinajstić information content (AvgIpc) is 2.85. The third kappa shape index (κ3) is 5.82. The average molecular weight is 478 g/mol. The van der Waals surface area contributed by atoms with Gasteiger partial charge in [-0.05, 0) is 48.4 Å². The lowest BCUT2D eigenvalue weighted by atomic mass is 10.1. The minimum absolute atomic E-state index is 0.0445. The molecule has 0 bridgehead atoms. The highest BCUT2D eigenvalue weighted by Crippen LogP contribution is 2.31. The highest BCUT2D eigenvalue weighted by Gasteiger charge is 2.36. The number of rotatable bonds is 7. The van der Waals surface area contributed by atoms with Gasteiger partial charge in [-0.1, -0.05) is 54.2 Å². The lowest BCUT2D eigenvalue weighted by molar-refractivity contribution is -0.129. The van der Waals surface area contributed by atoms with Crippen molar-refractivity contribution in [2.24, 2.45) is 4.99 Å². The molecule has 1 aliphatic rings. The Morgan fingerprint density at radius 2 is 1.79 bits per heavy atom. The fourth-order valence-corrected chi connectivity index (χ4v) is 4.66. The van der Waals surface area contributed by atoms with Crippen LogP contribution in [0.1, 0.15) is 12.0 Å². The van der Waals surface area contributed by atoms with E-state index in [1.54, 1.807) is 35.2 Å². The monoisotopic (exact) mass is 477 g/mol. The van der Waals surface area contributed by atoms with Crippen LogP contribution < -0.4 is 10.1 Å². The van der Waals surface area contributed by atoms with Crippen LogP contribution >= 0.6 is 11.8 Å². The molecule has 1 atom stereocenters. The number of thioether (sulfide) groups is 1. The number of benzene rings is 3. The molecule has 1 heterocycles. The van der Waals surface area contributed by atoms with E-state index in [1.807, 2.05) is 36.4 Å². The SMILES string of the molecule is COc1ccccc1NC(=O)[C@H]1CC(=O)N(CCc2ccccc2)C(=Nc2ccc(F)cc2)S1. The van der Waals surface area contributed by atoms with Crippen LogP contribution in [0.15, 0.2) is 83.9 Å². The van der Waals surface area contributed by atoms with Crippen LogP contribution in [0.4, 0.5) is 15.8 Å². The Morgan fingerprint density at radius 3 is 2.53 bits per heavy atom. The third-order valence-corrected chi connectivity index (χ3v) is 6.50. The lowest BCUT2D eigenvalue weighted by Gasteiger charge is -2.32. The Morgan fingerprint density at radius 1 is 1.09 bits per heavy atom. The number of hydrogen-bond donors (Lipinski definition) is 1. The first-order valence-corrected chi connectivity index (χ1v) is 11.7. The number of carbonyl (C=O) groups is 2. The van der Waals surface area contributed by atoms with Crippen molar-refractivity contribution in [2.45, 2.75) is 18.1 Å². The number of anilines is 1. The Hall–Kier alpha value is -3.65. The second-order valence-electron chi connectivity index (χ2n) is 7.65. The molecule has 174 valence electrons. The number of methoxy groups -OCH3 is 1. The number of amidine groups is 1. The molecule has 0 aromatic heterocycles. The number of halogens is 1. The van der Waals surface area contributed by atoms with Crippen LogP contribution in [0, 0.1) is 5.82 Å². The number of aliphatic imine (C=N–C) groups is 1. The summed E-state index contributed by atoms with van der Waals surface area (Å²) in [5, 5.41) is 2.61. The maximum Gasteiger partial charge on any atom is 0.238 e. The Bertz CT molecular complexity index is 1190. The number of nitrogens with one attached hydrogen (secondary N) is 1. The first kappa shape index (κ1) is 23.5.